The predicted octanol–water partition coefficient (Wildman–Crippen LogP) is 9.50. The lowest BCUT2D eigenvalue weighted by atomic mass is 9.88. The third-order valence-corrected chi connectivity index (χ3v) is 8.68. The van der Waals surface area contributed by atoms with Crippen molar-refractivity contribution in [3.63, 3.8) is 0 Å². The van der Waals surface area contributed by atoms with Gasteiger partial charge in [-0.1, -0.05) is 98.0 Å². The van der Waals surface area contributed by atoms with Crippen molar-refractivity contribution in [3.05, 3.63) is 139 Å². The highest BCUT2D eigenvalue weighted by molar-refractivity contribution is 6.19. The first kappa shape index (κ1) is 24.0. The van der Waals surface area contributed by atoms with Crippen LogP contribution in [0.2, 0.25) is 0 Å². The fourth-order valence-electron chi connectivity index (χ4n) is 7.05. The summed E-state index contributed by atoms with van der Waals surface area (Å²) >= 11 is 0. The topological polar surface area (TPSA) is 21.1 Å². The fourth-order valence-corrected chi connectivity index (χ4v) is 7.05. The summed E-state index contributed by atoms with van der Waals surface area (Å²) in [7, 11) is 0. The van der Waals surface area contributed by atoms with Gasteiger partial charge in [-0.05, 0) is 60.4 Å². The van der Waals surface area contributed by atoms with Crippen LogP contribution in [0.1, 0.15) is 31.4 Å². The Labute approximate surface area is 240 Å². The lowest BCUT2D eigenvalue weighted by Gasteiger charge is -2.37. The molecule has 4 heterocycles. The maximum absolute atomic E-state index is 4.93. The molecule has 5 aromatic rings. The second kappa shape index (κ2) is 9.35. The molecule has 2 unspecified atom stereocenters. The average Bonchev–Trinajstić information content (AvgIpc) is 3.57. The van der Waals surface area contributed by atoms with Gasteiger partial charge in [0.1, 0.15) is 5.82 Å². The van der Waals surface area contributed by atoms with Gasteiger partial charge in [-0.15, -0.1) is 0 Å². The van der Waals surface area contributed by atoms with Crippen LogP contribution in [-0.4, -0.2) is 15.6 Å². The quantitative estimate of drug-likeness (QED) is 0.216. The maximum atomic E-state index is 4.93. The van der Waals surface area contributed by atoms with Gasteiger partial charge >= 0.3 is 0 Å². The van der Waals surface area contributed by atoms with Gasteiger partial charge in [0, 0.05) is 45.4 Å². The summed E-state index contributed by atoms with van der Waals surface area (Å²) in [6.45, 7) is 4.26. The predicted molar refractivity (Wildman–Crippen MR) is 173 cm³/mol. The summed E-state index contributed by atoms with van der Waals surface area (Å²) in [5.41, 5.74) is 11.3. The number of rotatable bonds is 4. The number of benzene rings is 3. The van der Waals surface area contributed by atoms with Gasteiger partial charge in [0.2, 0.25) is 0 Å². The third-order valence-electron chi connectivity index (χ3n) is 8.68. The van der Waals surface area contributed by atoms with E-state index in [1.165, 1.54) is 61.0 Å². The zero-order valence-corrected chi connectivity index (χ0v) is 23.3. The van der Waals surface area contributed by atoms with Crippen LogP contribution in [0.4, 0.5) is 5.69 Å². The smallest absolute Gasteiger partial charge is 0.138 e. The van der Waals surface area contributed by atoms with Crippen molar-refractivity contribution >= 4 is 38.8 Å². The largest absolute Gasteiger partial charge is 0.333 e. The Bertz CT molecular complexity index is 2010. The first-order chi connectivity index (χ1) is 20.3. The maximum Gasteiger partial charge on any atom is 0.138 e. The number of anilines is 1. The number of hydrogen-bond donors (Lipinski definition) is 0. The van der Waals surface area contributed by atoms with Crippen molar-refractivity contribution in [2.75, 3.05) is 4.90 Å². The van der Waals surface area contributed by atoms with Crippen LogP contribution in [0.3, 0.4) is 0 Å². The molecule has 0 fully saturated rings. The van der Waals surface area contributed by atoms with E-state index in [2.05, 4.69) is 145 Å². The Morgan fingerprint density at radius 2 is 1.76 bits per heavy atom. The zero-order valence-electron chi connectivity index (χ0n) is 23.3. The third kappa shape index (κ3) is 3.48. The Balaban J connectivity index is 1.44. The number of fused-ring (bicyclic) bond motifs is 12. The van der Waals surface area contributed by atoms with E-state index in [1.807, 2.05) is 6.20 Å². The van der Waals surface area contributed by atoms with Gasteiger partial charge in [-0.3, -0.25) is 4.57 Å². The van der Waals surface area contributed by atoms with Crippen LogP contribution >= 0.6 is 0 Å². The summed E-state index contributed by atoms with van der Waals surface area (Å²) in [6.07, 6.45) is 21.0. The highest BCUT2D eigenvalue weighted by Crippen LogP contribution is 2.53. The van der Waals surface area contributed by atoms with Gasteiger partial charge < -0.3 is 4.90 Å². The van der Waals surface area contributed by atoms with E-state index in [9.17, 15) is 0 Å². The summed E-state index contributed by atoms with van der Waals surface area (Å²) < 4.78 is 2.35. The molecule has 0 N–H and O–H groups in total. The Hall–Kier alpha value is -4.89. The van der Waals surface area contributed by atoms with E-state index < -0.39 is 0 Å². The molecule has 2 aromatic heterocycles. The standard InChI is InChI=1S/C38H31N3/c1-3-11-25(12-4-2)26-21-22-39-36(24-26)41-33-18-10-7-15-30(33)38-34(41)20-19-29-28-14-6-9-17-32(28)40-31-16-8-5-13-27(31)23-35(40)37(29)38/h3,5-24,27,31H,4H2,1-2H3/b11-3-,25-12+. The molecule has 0 bridgehead atoms. The van der Waals surface area contributed by atoms with Gasteiger partial charge in [0.15, 0.2) is 0 Å². The van der Waals surface area contributed by atoms with Crippen LogP contribution in [0.25, 0.3) is 50.0 Å². The monoisotopic (exact) mass is 529 g/mol. The molecular weight excluding hydrogens is 498 g/mol. The number of nitrogens with zero attached hydrogens (tertiary/aromatic N) is 3. The molecule has 1 aliphatic carbocycles. The van der Waals surface area contributed by atoms with Crippen molar-refractivity contribution in [1.82, 2.24) is 9.55 Å². The van der Waals surface area contributed by atoms with Gasteiger partial charge in [-0.2, -0.15) is 0 Å². The summed E-state index contributed by atoms with van der Waals surface area (Å²) in [5.74, 6) is 1.29. The highest BCUT2D eigenvalue weighted by Gasteiger charge is 2.40. The molecule has 41 heavy (non-hydrogen) atoms. The Kier molecular flexibility index (Phi) is 5.46. The zero-order chi connectivity index (χ0) is 27.5. The molecule has 2 aliphatic heterocycles. The van der Waals surface area contributed by atoms with E-state index in [4.69, 9.17) is 4.98 Å². The second-order valence-electron chi connectivity index (χ2n) is 11.0. The molecule has 8 rings (SSSR count). The van der Waals surface area contributed by atoms with Crippen molar-refractivity contribution in [1.29, 1.82) is 0 Å². The second-order valence-corrected chi connectivity index (χ2v) is 11.0. The summed E-state index contributed by atoms with van der Waals surface area (Å²) in [6, 6.07) is 26.9. The number of pyridine rings is 1. The van der Waals surface area contributed by atoms with Crippen LogP contribution in [0.5, 0.6) is 0 Å². The normalized spacial score (nSPS) is 19.0. The summed E-state index contributed by atoms with van der Waals surface area (Å²) in [4.78, 5) is 7.49. The fraction of sp³-hybridized carbons (Fsp3) is 0.132. The lowest BCUT2D eigenvalue weighted by Crippen LogP contribution is -2.34. The van der Waals surface area contributed by atoms with Crippen LogP contribution < -0.4 is 4.90 Å². The van der Waals surface area contributed by atoms with Gasteiger partial charge in [0.25, 0.3) is 0 Å². The molecule has 3 nitrogen and oxygen atoms in total. The minimum atomic E-state index is 0.293. The first-order valence-corrected chi connectivity index (χ1v) is 14.6. The molecule has 3 aromatic carbocycles. The lowest BCUT2D eigenvalue weighted by molar-refractivity contribution is 0.704. The van der Waals surface area contributed by atoms with E-state index in [-0.39, 0.29) is 0 Å². The van der Waals surface area contributed by atoms with E-state index >= 15 is 0 Å². The van der Waals surface area contributed by atoms with E-state index in [0.717, 1.165) is 12.2 Å². The number of allylic oxidation sites excluding steroid dienone is 6. The molecule has 3 aliphatic rings. The van der Waals surface area contributed by atoms with Crippen molar-refractivity contribution in [2.45, 2.75) is 26.3 Å². The van der Waals surface area contributed by atoms with Gasteiger partial charge in [0.05, 0.1) is 17.1 Å². The van der Waals surface area contributed by atoms with Crippen molar-refractivity contribution < 1.29 is 0 Å². The molecule has 198 valence electrons. The van der Waals surface area contributed by atoms with Crippen molar-refractivity contribution in [2.24, 2.45) is 5.92 Å². The van der Waals surface area contributed by atoms with E-state index in [1.54, 1.807) is 0 Å². The van der Waals surface area contributed by atoms with E-state index in [0.29, 0.717) is 12.0 Å². The minimum absolute atomic E-state index is 0.293. The van der Waals surface area contributed by atoms with Crippen LogP contribution in [0.15, 0.2) is 128 Å². The number of aromatic nitrogens is 2. The van der Waals surface area contributed by atoms with Crippen LogP contribution in [-0.2, 0) is 0 Å². The highest BCUT2D eigenvalue weighted by atomic mass is 15.2. The molecule has 0 radical (unpaired) electrons. The molecule has 3 heteroatoms. The SMILES string of the molecule is C/C=C\C(=C/CC)c1ccnc(-n2c3ccccc3c3c4c(ccc32)-c2ccccc2N2C4=CC3C=CC=CC32)c1. The Morgan fingerprint density at radius 1 is 0.902 bits per heavy atom. The van der Waals surface area contributed by atoms with Crippen LogP contribution in [0, 0.1) is 5.92 Å². The average molecular weight is 530 g/mol. The molecule has 0 spiro atoms. The number of hydrogen-bond acceptors (Lipinski definition) is 2. The first-order valence-electron chi connectivity index (χ1n) is 14.6. The molecule has 0 saturated carbocycles. The number of para-hydroxylation sites is 2. The summed E-state index contributed by atoms with van der Waals surface area (Å²) in [5, 5.41) is 2.55. The minimum Gasteiger partial charge on any atom is -0.333 e. The molecule has 0 amide bonds. The van der Waals surface area contributed by atoms with Gasteiger partial charge in [-0.25, -0.2) is 4.98 Å². The molecule has 0 saturated heterocycles. The molecule has 2 atom stereocenters. The van der Waals surface area contributed by atoms with Crippen molar-refractivity contribution in [3.8, 4) is 16.9 Å². The molecular formula is C38H31N3. The Morgan fingerprint density at radius 3 is 2.66 bits per heavy atom.